The monoisotopic (exact) mass is 1250 g/mol. The maximum Gasteiger partial charge on any atom is 0.220 e. The number of aliphatic hydroxyl groups excluding tert-OH is 8. The van der Waals surface area contributed by atoms with E-state index < -0.39 is 86.8 Å². The highest BCUT2D eigenvalue weighted by molar-refractivity contribution is 5.76. The van der Waals surface area contributed by atoms with Crippen molar-refractivity contribution < 1.29 is 64.6 Å². The Kier molecular flexibility index (Phi) is 55.6. The van der Waals surface area contributed by atoms with E-state index in [1.165, 1.54) is 283 Å². The second kappa shape index (κ2) is 59.2. The fourth-order valence-corrected chi connectivity index (χ4v) is 12.7. The highest BCUT2D eigenvalue weighted by Crippen LogP contribution is 2.30. The van der Waals surface area contributed by atoms with Crippen molar-refractivity contribution in [3.05, 3.63) is 24.3 Å². The molecule has 0 aromatic carbocycles. The zero-order chi connectivity index (χ0) is 63.8. The molecule has 14 heteroatoms. The van der Waals surface area contributed by atoms with Crippen molar-refractivity contribution in [1.29, 1.82) is 0 Å². The Morgan fingerprint density at radius 2 is 0.727 bits per heavy atom. The molecule has 9 N–H and O–H groups in total. The normalized spacial score (nSPS) is 23.2. The Morgan fingerprint density at radius 1 is 0.398 bits per heavy atom. The summed E-state index contributed by atoms with van der Waals surface area (Å²) >= 11 is 0. The van der Waals surface area contributed by atoms with E-state index in [1.54, 1.807) is 6.08 Å². The van der Waals surface area contributed by atoms with Crippen molar-refractivity contribution in [2.45, 2.75) is 421 Å². The lowest BCUT2D eigenvalue weighted by atomic mass is 9.97. The lowest BCUT2D eigenvalue weighted by molar-refractivity contribution is -0.359. The highest BCUT2D eigenvalue weighted by Gasteiger charge is 2.51. The molecule has 12 unspecified atom stereocenters. The summed E-state index contributed by atoms with van der Waals surface area (Å²) in [5.41, 5.74) is 0. The van der Waals surface area contributed by atoms with Crippen molar-refractivity contribution in [2.75, 3.05) is 19.8 Å². The van der Waals surface area contributed by atoms with E-state index in [0.717, 1.165) is 32.1 Å². The number of hydrogen-bond donors (Lipinski definition) is 9. The Bertz CT molecular complexity index is 1570. The number of aliphatic hydroxyl groups is 8. The maximum absolute atomic E-state index is 13.3. The summed E-state index contributed by atoms with van der Waals surface area (Å²) in [7, 11) is 0. The predicted octanol–water partition coefficient (Wildman–Crippen LogP) is 15.9. The quantitative estimate of drug-likeness (QED) is 0.0204. The van der Waals surface area contributed by atoms with E-state index in [1.807, 2.05) is 6.08 Å². The average molecular weight is 1250 g/mol. The molecule has 2 fully saturated rings. The third-order valence-electron chi connectivity index (χ3n) is 18.6. The molecule has 0 aliphatic carbocycles. The molecule has 12 atom stereocenters. The summed E-state index contributed by atoms with van der Waals surface area (Å²) in [6.07, 6.45) is 58.3. The number of amides is 1. The van der Waals surface area contributed by atoms with Crippen molar-refractivity contribution in [2.24, 2.45) is 0 Å². The first kappa shape index (κ1) is 82.6. The molecule has 14 nitrogen and oxygen atoms in total. The van der Waals surface area contributed by atoms with Gasteiger partial charge in [-0.05, 0) is 32.1 Å². The molecular weight excluding hydrogens is 1110 g/mol. The lowest BCUT2D eigenvalue weighted by Gasteiger charge is -2.46. The predicted molar refractivity (Wildman–Crippen MR) is 360 cm³/mol. The smallest absolute Gasteiger partial charge is 0.220 e. The van der Waals surface area contributed by atoms with Crippen LogP contribution in [0.2, 0.25) is 0 Å². The molecule has 2 aliphatic rings. The number of ether oxygens (including phenoxy) is 4. The number of nitrogens with one attached hydrogen (secondary N) is 1. The molecule has 520 valence electrons. The van der Waals surface area contributed by atoms with E-state index >= 15 is 0 Å². The first-order valence-corrected chi connectivity index (χ1v) is 37.6. The van der Waals surface area contributed by atoms with Gasteiger partial charge in [0.25, 0.3) is 0 Å². The Balaban J connectivity index is 1.64. The lowest BCUT2D eigenvalue weighted by Crippen LogP contribution is -2.65. The van der Waals surface area contributed by atoms with Gasteiger partial charge in [-0.2, -0.15) is 0 Å². The van der Waals surface area contributed by atoms with E-state index in [0.29, 0.717) is 12.8 Å². The van der Waals surface area contributed by atoms with Crippen molar-refractivity contribution in [3.63, 3.8) is 0 Å². The molecule has 0 saturated carbocycles. The average Bonchev–Trinajstić information content (AvgIpc) is 2.92. The van der Waals surface area contributed by atoms with Crippen LogP contribution in [0.4, 0.5) is 0 Å². The van der Waals surface area contributed by atoms with Crippen LogP contribution in [0.5, 0.6) is 0 Å². The number of hydrogen-bond acceptors (Lipinski definition) is 13. The molecule has 0 aromatic rings. The van der Waals surface area contributed by atoms with Crippen LogP contribution in [-0.2, 0) is 23.7 Å². The summed E-state index contributed by atoms with van der Waals surface area (Å²) in [5.74, 6) is -0.241. The topological polar surface area (TPSA) is 228 Å². The molecule has 2 heterocycles. The molecule has 1 amide bonds. The van der Waals surface area contributed by atoms with Crippen LogP contribution in [0.1, 0.15) is 348 Å². The number of carbonyl (C=O) groups excluding carboxylic acids is 1. The van der Waals surface area contributed by atoms with Crippen molar-refractivity contribution in [3.8, 4) is 0 Å². The Labute approximate surface area is 539 Å². The minimum atomic E-state index is -1.79. The summed E-state index contributed by atoms with van der Waals surface area (Å²) in [6, 6.07) is -0.930. The second-order valence-electron chi connectivity index (χ2n) is 26.8. The van der Waals surface area contributed by atoms with Gasteiger partial charge in [-0.1, -0.05) is 334 Å². The largest absolute Gasteiger partial charge is 0.394 e. The van der Waals surface area contributed by atoms with Crippen LogP contribution in [0.25, 0.3) is 0 Å². The molecule has 2 aliphatic heterocycles. The SMILES string of the molecule is CCCCCCCCCCCCCCCCCC/C=C/CC/C=C/C(O)C(COC1OC(CO)C(OC2OC(CO)C(O)C(O)C2O)C(O)C1O)NC(=O)CCCCCCCCCCCCCCCCCCCCCCCCCCCCCCCCCC. The first-order valence-electron chi connectivity index (χ1n) is 37.6. The van der Waals surface area contributed by atoms with Crippen LogP contribution in [0.3, 0.4) is 0 Å². The van der Waals surface area contributed by atoms with Gasteiger partial charge in [-0.15, -0.1) is 0 Å². The third kappa shape index (κ3) is 42.6. The van der Waals surface area contributed by atoms with Crippen molar-refractivity contribution >= 4 is 5.91 Å². The minimum Gasteiger partial charge on any atom is -0.394 e. The Hall–Kier alpha value is -1.53. The molecule has 0 radical (unpaired) electrons. The van der Waals surface area contributed by atoms with Crippen LogP contribution in [-0.4, -0.2) is 140 Å². The van der Waals surface area contributed by atoms with E-state index in [2.05, 4.69) is 31.3 Å². The van der Waals surface area contributed by atoms with E-state index in [9.17, 15) is 45.6 Å². The maximum atomic E-state index is 13.3. The number of allylic oxidation sites excluding steroid dienone is 3. The van der Waals surface area contributed by atoms with Gasteiger partial charge in [-0.3, -0.25) is 4.79 Å². The Morgan fingerprint density at radius 3 is 1.11 bits per heavy atom. The van der Waals surface area contributed by atoms with Gasteiger partial charge >= 0.3 is 0 Å². The van der Waals surface area contributed by atoms with Gasteiger partial charge in [0.15, 0.2) is 12.6 Å². The summed E-state index contributed by atoms with van der Waals surface area (Å²) in [5, 5.41) is 87.5. The van der Waals surface area contributed by atoms with Gasteiger partial charge in [0.2, 0.25) is 5.91 Å². The minimum absolute atomic E-state index is 0.241. The highest BCUT2D eigenvalue weighted by atomic mass is 16.7. The standard InChI is InChI=1S/C74H141NO13/c1-3-5-7-9-11-13-15-17-19-21-23-25-27-28-29-30-31-32-33-34-35-36-38-40-42-44-46-48-50-52-54-56-58-66(79)75-62(61-85-73-71(84)69(82)72(65(60-77)87-73)88-74-70(83)68(81)67(80)64(59-76)86-74)63(78)57-55-53-51-49-47-45-43-41-39-37-26-24-22-20-18-16-14-12-10-8-6-4-2/h47,49,55,57,62-65,67-74,76-78,80-84H,3-46,48,50-54,56,58-61H2,1-2H3,(H,75,79)/b49-47+,57-55+. The fourth-order valence-electron chi connectivity index (χ4n) is 12.7. The van der Waals surface area contributed by atoms with Crippen LogP contribution < -0.4 is 5.32 Å². The van der Waals surface area contributed by atoms with Crippen molar-refractivity contribution in [1.82, 2.24) is 5.32 Å². The second-order valence-corrected chi connectivity index (χ2v) is 26.8. The number of rotatable bonds is 63. The van der Waals surface area contributed by atoms with Crippen LogP contribution >= 0.6 is 0 Å². The zero-order valence-corrected chi connectivity index (χ0v) is 56.7. The first-order chi connectivity index (χ1) is 43.1. The van der Waals surface area contributed by atoms with Crippen LogP contribution in [0, 0.1) is 0 Å². The fraction of sp³-hybridized carbons (Fsp3) is 0.932. The molecule has 0 spiro atoms. The molecule has 2 saturated heterocycles. The third-order valence-corrected chi connectivity index (χ3v) is 18.6. The number of carbonyl (C=O) groups is 1. The molecule has 0 bridgehead atoms. The van der Waals surface area contributed by atoms with E-state index in [-0.39, 0.29) is 18.9 Å². The van der Waals surface area contributed by atoms with Gasteiger partial charge < -0.3 is 65.1 Å². The number of unbranched alkanes of at least 4 members (excludes halogenated alkanes) is 48. The molecule has 88 heavy (non-hydrogen) atoms. The molecule has 0 aromatic heterocycles. The summed E-state index contributed by atoms with van der Waals surface area (Å²) < 4.78 is 22.9. The van der Waals surface area contributed by atoms with E-state index in [4.69, 9.17) is 18.9 Å². The summed E-state index contributed by atoms with van der Waals surface area (Å²) in [4.78, 5) is 13.3. The van der Waals surface area contributed by atoms with Gasteiger partial charge in [0.05, 0.1) is 32.0 Å². The van der Waals surface area contributed by atoms with Gasteiger partial charge in [0.1, 0.15) is 48.8 Å². The van der Waals surface area contributed by atoms with Gasteiger partial charge in [0, 0.05) is 6.42 Å². The zero-order valence-electron chi connectivity index (χ0n) is 56.7. The molecule has 2 rings (SSSR count). The molecular formula is C74H141NO13. The van der Waals surface area contributed by atoms with Crippen LogP contribution in [0.15, 0.2) is 24.3 Å². The van der Waals surface area contributed by atoms with Gasteiger partial charge in [-0.25, -0.2) is 0 Å². The summed E-state index contributed by atoms with van der Waals surface area (Å²) in [6.45, 7) is 2.84.